The van der Waals surface area contributed by atoms with Crippen LogP contribution in [0.5, 0.6) is 23.0 Å². The van der Waals surface area contributed by atoms with Gasteiger partial charge in [0.2, 0.25) is 0 Å². The number of phenolic OH excluding ortho intramolecular Hbond substituents is 1. The number of hydrogen-bond acceptors (Lipinski definition) is 7. The van der Waals surface area contributed by atoms with Crippen molar-refractivity contribution in [2.45, 2.75) is 98.5 Å². The molecule has 1 heterocycles. The fourth-order valence-electron chi connectivity index (χ4n) is 6.57. The molecule has 0 saturated heterocycles. The van der Waals surface area contributed by atoms with E-state index in [0.717, 1.165) is 53.9 Å². The molecule has 53 heavy (non-hydrogen) atoms. The second-order valence-corrected chi connectivity index (χ2v) is 14.0. The van der Waals surface area contributed by atoms with Gasteiger partial charge >= 0.3 is 0 Å². The summed E-state index contributed by atoms with van der Waals surface area (Å²) in [6, 6.07) is 29.5. The number of aromatic nitrogens is 3. The highest BCUT2D eigenvalue weighted by atomic mass is 16.5. The first kappa shape index (κ1) is 39.3. The molecule has 1 aromatic heterocycles. The van der Waals surface area contributed by atoms with Crippen molar-refractivity contribution in [3.05, 3.63) is 102 Å². The minimum absolute atomic E-state index is 0.153. The van der Waals surface area contributed by atoms with Gasteiger partial charge in [0, 0.05) is 11.6 Å². The Morgan fingerprint density at radius 3 is 1.91 bits per heavy atom. The largest absolute Gasteiger partial charge is 0.507 e. The molecule has 0 saturated carbocycles. The molecule has 0 aliphatic heterocycles. The zero-order valence-electron chi connectivity index (χ0n) is 32.3. The van der Waals surface area contributed by atoms with Gasteiger partial charge in [-0.1, -0.05) is 109 Å². The van der Waals surface area contributed by atoms with Gasteiger partial charge in [-0.15, -0.1) is 0 Å². The van der Waals surface area contributed by atoms with Crippen LogP contribution in [-0.4, -0.2) is 33.8 Å². The van der Waals surface area contributed by atoms with Gasteiger partial charge in [-0.25, -0.2) is 15.0 Å². The monoisotopic (exact) mass is 715 g/mol. The van der Waals surface area contributed by atoms with Crippen molar-refractivity contribution in [1.29, 1.82) is 0 Å². The first-order chi connectivity index (χ1) is 25.9. The third kappa shape index (κ3) is 11.3. The van der Waals surface area contributed by atoms with Crippen LogP contribution < -0.4 is 14.2 Å². The predicted molar refractivity (Wildman–Crippen MR) is 216 cm³/mol. The van der Waals surface area contributed by atoms with Crippen molar-refractivity contribution in [2.24, 2.45) is 11.8 Å². The lowest BCUT2D eigenvalue weighted by molar-refractivity contribution is 0.231. The number of aryl methyl sites for hydroxylation is 1. The normalized spacial score (nSPS) is 12.3. The van der Waals surface area contributed by atoms with Crippen molar-refractivity contribution in [3.63, 3.8) is 0 Å². The maximum absolute atomic E-state index is 11.4. The van der Waals surface area contributed by atoms with Gasteiger partial charge in [0.25, 0.3) is 0 Å². The van der Waals surface area contributed by atoms with E-state index in [2.05, 4.69) is 33.8 Å². The number of hydrogen-bond donors (Lipinski definition) is 1. The Morgan fingerprint density at radius 1 is 0.604 bits per heavy atom. The SMILES string of the molecule is CCCCC(CC)CCc1ccc(-c2nc(-c3ccc(OC)cc3)nc(-c3ccc(OCC(CC)CCCC)cc3OCc3ccccc3)n2)c(O)c1. The Morgan fingerprint density at radius 2 is 1.25 bits per heavy atom. The average molecular weight is 716 g/mol. The molecule has 0 amide bonds. The molecule has 7 heteroatoms. The van der Waals surface area contributed by atoms with Gasteiger partial charge in [-0.05, 0) is 90.8 Å². The van der Waals surface area contributed by atoms with Gasteiger partial charge in [-0.3, -0.25) is 0 Å². The zero-order chi connectivity index (χ0) is 37.4. The molecule has 0 aliphatic rings. The Hall–Kier alpha value is -4.91. The molecule has 2 atom stereocenters. The highest BCUT2D eigenvalue weighted by Gasteiger charge is 2.19. The Balaban J connectivity index is 1.53. The van der Waals surface area contributed by atoms with E-state index in [4.69, 9.17) is 29.2 Å². The fourth-order valence-corrected chi connectivity index (χ4v) is 6.57. The van der Waals surface area contributed by atoms with Crippen LogP contribution in [0, 0.1) is 11.8 Å². The summed E-state index contributed by atoms with van der Waals surface area (Å²) in [6.45, 7) is 9.99. The Labute approximate surface area is 316 Å². The first-order valence-corrected chi connectivity index (χ1v) is 19.6. The van der Waals surface area contributed by atoms with Crippen molar-refractivity contribution in [1.82, 2.24) is 15.0 Å². The molecule has 1 N–H and O–H groups in total. The minimum atomic E-state index is 0.153. The summed E-state index contributed by atoms with van der Waals surface area (Å²) in [5, 5.41) is 11.4. The summed E-state index contributed by atoms with van der Waals surface area (Å²) in [4.78, 5) is 14.9. The van der Waals surface area contributed by atoms with Gasteiger partial charge < -0.3 is 19.3 Å². The van der Waals surface area contributed by atoms with Crippen LogP contribution in [0.1, 0.15) is 96.6 Å². The summed E-state index contributed by atoms with van der Waals surface area (Å²) >= 11 is 0. The molecule has 5 aromatic rings. The quantitative estimate of drug-likeness (QED) is 0.0809. The topological polar surface area (TPSA) is 86.6 Å². The first-order valence-electron chi connectivity index (χ1n) is 19.6. The van der Waals surface area contributed by atoms with Crippen molar-refractivity contribution in [2.75, 3.05) is 13.7 Å². The second-order valence-electron chi connectivity index (χ2n) is 14.0. The molecule has 0 fully saturated rings. The van der Waals surface area contributed by atoms with E-state index in [1.165, 1.54) is 38.5 Å². The van der Waals surface area contributed by atoms with Crippen LogP contribution in [0.2, 0.25) is 0 Å². The summed E-state index contributed by atoms with van der Waals surface area (Å²) in [6.07, 6.45) is 11.5. The molecule has 280 valence electrons. The maximum atomic E-state index is 11.4. The predicted octanol–water partition coefficient (Wildman–Crippen LogP) is 11.9. The van der Waals surface area contributed by atoms with Crippen LogP contribution >= 0.6 is 0 Å². The van der Waals surface area contributed by atoms with Gasteiger partial charge in [0.1, 0.15) is 29.6 Å². The van der Waals surface area contributed by atoms with Crippen LogP contribution in [0.3, 0.4) is 0 Å². The third-order valence-corrected chi connectivity index (χ3v) is 10.1. The number of phenols is 1. The van der Waals surface area contributed by atoms with Crippen molar-refractivity contribution in [3.8, 4) is 57.2 Å². The molecule has 4 aromatic carbocycles. The molecule has 0 bridgehead atoms. The molecule has 0 spiro atoms. The van der Waals surface area contributed by atoms with E-state index in [1.54, 1.807) is 7.11 Å². The molecule has 0 radical (unpaired) electrons. The van der Waals surface area contributed by atoms with E-state index in [1.807, 2.05) is 84.9 Å². The number of benzene rings is 4. The summed E-state index contributed by atoms with van der Waals surface area (Å²) in [7, 11) is 1.64. The standard InChI is InChI=1S/C46H57N3O4/c1-6-10-15-33(8-3)19-20-35-21-27-40(42(50)29-35)45-47-44(37-22-24-38(51-5)25-23-37)48-46(49-45)41-28-26-39(52-31-34(9-4)16-11-7-2)30-43(41)53-32-36-17-13-12-14-18-36/h12-14,17-18,21-30,33-34,50H,6-11,15-16,19-20,31-32H2,1-5H3. The van der Waals surface area contributed by atoms with E-state index in [0.29, 0.717) is 59.4 Å². The lowest BCUT2D eigenvalue weighted by Gasteiger charge is -2.18. The highest BCUT2D eigenvalue weighted by Crippen LogP contribution is 2.36. The molecular formula is C46H57N3O4. The number of rotatable bonds is 21. The molecule has 2 unspecified atom stereocenters. The van der Waals surface area contributed by atoms with E-state index in [-0.39, 0.29) is 5.75 Å². The number of ether oxygens (including phenoxy) is 3. The number of methoxy groups -OCH3 is 1. The fraction of sp³-hybridized carbons (Fsp3) is 0.413. The maximum Gasteiger partial charge on any atom is 0.167 e. The highest BCUT2D eigenvalue weighted by molar-refractivity contribution is 5.73. The summed E-state index contributed by atoms with van der Waals surface area (Å²) in [5.74, 6) is 4.74. The zero-order valence-corrected chi connectivity index (χ0v) is 32.3. The van der Waals surface area contributed by atoms with Gasteiger partial charge in [-0.2, -0.15) is 0 Å². The third-order valence-electron chi connectivity index (χ3n) is 10.1. The lowest BCUT2D eigenvalue weighted by atomic mass is 9.92. The van der Waals surface area contributed by atoms with Gasteiger partial charge in [0.15, 0.2) is 17.5 Å². The van der Waals surface area contributed by atoms with Crippen LogP contribution in [0.25, 0.3) is 34.2 Å². The number of unbranched alkanes of at least 4 members (excludes halogenated alkanes) is 2. The van der Waals surface area contributed by atoms with Crippen LogP contribution in [-0.2, 0) is 13.0 Å². The summed E-state index contributed by atoms with van der Waals surface area (Å²) < 4.78 is 18.3. The second kappa shape index (κ2) is 20.4. The Kier molecular flexibility index (Phi) is 15.1. The Bertz CT molecular complexity index is 1840. The molecule has 0 aliphatic carbocycles. The summed E-state index contributed by atoms with van der Waals surface area (Å²) in [5.41, 5.74) is 4.21. The molecular weight excluding hydrogens is 659 g/mol. The van der Waals surface area contributed by atoms with Crippen molar-refractivity contribution < 1.29 is 19.3 Å². The number of nitrogens with zero attached hydrogens (tertiary/aromatic N) is 3. The van der Waals surface area contributed by atoms with E-state index >= 15 is 0 Å². The molecule has 5 rings (SSSR count). The number of aromatic hydroxyl groups is 1. The molecule has 7 nitrogen and oxygen atoms in total. The van der Waals surface area contributed by atoms with Crippen LogP contribution in [0.15, 0.2) is 91.0 Å². The van der Waals surface area contributed by atoms with E-state index in [9.17, 15) is 5.11 Å². The van der Waals surface area contributed by atoms with Crippen LogP contribution in [0.4, 0.5) is 0 Å². The van der Waals surface area contributed by atoms with Gasteiger partial charge in [0.05, 0.1) is 24.8 Å². The lowest BCUT2D eigenvalue weighted by Crippen LogP contribution is -2.11. The van der Waals surface area contributed by atoms with Crippen molar-refractivity contribution >= 4 is 0 Å². The average Bonchev–Trinajstić information content (AvgIpc) is 3.20. The minimum Gasteiger partial charge on any atom is -0.507 e. The van der Waals surface area contributed by atoms with E-state index < -0.39 is 0 Å². The smallest absolute Gasteiger partial charge is 0.167 e.